The fraction of sp³-hybridized carbons (Fsp3) is 0.625. The summed E-state index contributed by atoms with van der Waals surface area (Å²) in [6, 6.07) is 0. The van der Waals surface area contributed by atoms with E-state index in [9.17, 15) is 0 Å². The molecule has 0 amide bonds. The van der Waals surface area contributed by atoms with Crippen molar-refractivity contribution in [3.8, 4) is 0 Å². The van der Waals surface area contributed by atoms with Crippen LogP contribution in [0, 0.1) is 5.41 Å². The second-order valence-electron chi connectivity index (χ2n) is 6.05. The van der Waals surface area contributed by atoms with Crippen molar-refractivity contribution in [3.63, 3.8) is 0 Å². The maximum Gasteiger partial charge on any atom is -0.00163 e. The van der Waals surface area contributed by atoms with Crippen LogP contribution in [0.5, 0.6) is 0 Å². The largest absolute Gasteiger partial charge is 0.306 e. The molecule has 2 aliphatic rings. The van der Waals surface area contributed by atoms with Gasteiger partial charge in [0.15, 0.2) is 0 Å². The first-order valence-electron chi connectivity index (χ1n) is 6.73. The highest BCUT2D eigenvalue weighted by Gasteiger charge is 2.38. The molecule has 0 aromatic rings. The van der Waals surface area contributed by atoms with Crippen molar-refractivity contribution >= 4 is 0 Å². The van der Waals surface area contributed by atoms with Crippen LogP contribution in [0.4, 0.5) is 0 Å². The van der Waals surface area contributed by atoms with Crippen LogP contribution >= 0.6 is 0 Å². The van der Waals surface area contributed by atoms with Gasteiger partial charge in [-0.25, -0.2) is 0 Å². The number of rotatable bonds is 2. The molecule has 0 aromatic carbocycles. The third-order valence-corrected chi connectivity index (χ3v) is 4.53. The number of allylic oxidation sites excluding steroid dienone is 5. The lowest BCUT2D eigenvalue weighted by molar-refractivity contribution is 0.131. The van der Waals surface area contributed by atoms with Crippen molar-refractivity contribution in [2.24, 2.45) is 5.41 Å². The van der Waals surface area contributed by atoms with Crippen LogP contribution in [0.2, 0.25) is 0 Å². The van der Waals surface area contributed by atoms with E-state index >= 15 is 0 Å². The van der Waals surface area contributed by atoms with E-state index in [1.165, 1.54) is 44.3 Å². The molecule has 1 spiro atoms. The second kappa shape index (κ2) is 4.81. The molecule has 0 radical (unpaired) electrons. The van der Waals surface area contributed by atoms with E-state index in [1.54, 1.807) is 11.1 Å². The fourth-order valence-electron chi connectivity index (χ4n) is 3.25. The number of piperidine rings is 1. The van der Waals surface area contributed by atoms with Gasteiger partial charge in [0.25, 0.3) is 0 Å². The molecule has 1 aliphatic heterocycles. The predicted octanol–water partition coefficient (Wildman–Crippen LogP) is 3.94. The minimum absolute atomic E-state index is 0.587. The van der Waals surface area contributed by atoms with Gasteiger partial charge in [0, 0.05) is 0 Å². The molecule has 1 saturated heterocycles. The van der Waals surface area contributed by atoms with Gasteiger partial charge in [-0.15, -0.1) is 0 Å². The molecule has 1 aliphatic carbocycles. The van der Waals surface area contributed by atoms with Crippen molar-refractivity contribution < 1.29 is 0 Å². The summed E-state index contributed by atoms with van der Waals surface area (Å²) in [6.45, 7) is 10.8. The summed E-state index contributed by atoms with van der Waals surface area (Å²) in [5.41, 5.74) is 5.07. The highest BCUT2D eigenvalue weighted by molar-refractivity contribution is 5.36. The van der Waals surface area contributed by atoms with Crippen LogP contribution in [-0.4, -0.2) is 25.0 Å². The third-order valence-electron chi connectivity index (χ3n) is 4.53. The third kappa shape index (κ3) is 2.71. The Morgan fingerprint density at radius 2 is 1.94 bits per heavy atom. The number of hydrogen-bond acceptors (Lipinski definition) is 1. The molecule has 0 unspecified atom stereocenters. The van der Waals surface area contributed by atoms with Crippen LogP contribution in [0.25, 0.3) is 0 Å². The Morgan fingerprint density at radius 3 is 2.53 bits per heavy atom. The lowest BCUT2D eigenvalue weighted by Gasteiger charge is -2.38. The van der Waals surface area contributed by atoms with Gasteiger partial charge in [0.05, 0.1) is 0 Å². The van der Waals surface area contributed by atoms with Crippen molar-refractivity contribution in [3.05, 3.63) is 35.5 Å². The SMILES string of the molecule is C=C/C(C)=C\C1=C(C)CC2(CCN(C)CC2)C1. The van der Waals surface area contributed by atoms with Crippen LogP contribution in [-0.2, 0) is 0 Å². The van der Waals surface area contributed by atoms with Crippen LogP contribution in [0.3, 0.4) is 0 Å². The summed E-state index contributed by atoms with van der Waals surface area (Å²) in [5, 5.41) is 0. The minimum atomic E-state index is 0.587. The summed E-state index contributed by atoms with van der Waals surface area (Å²) >= 11 is 0. The molecular weight excluding hydrogens is 206 g/mol. The summed E-state index contributed by atoms with van der Waals surface area (Å²) < 4.78 is 0. The highest BCUT2D eigenvalue weighted by atomic mass is 15.1. The van der Waals surface area contributed by atoms with Crippen LogP contribution < -0.4 is 0 Å². The van der Waals surface area contributed by atoms with Crippen molar-refractivity contribution in [2.45, 2.75) is 39.5 Å². The van der Waals surface area contributed by atoms with E-state index in [-0.39, 0.29) is 0 Å². The maximum atomic E-state index is 3.84. The van der Waals surface area contributed by atoms with Gasteiger partial charge in [-0.3, -0.25) is 0 Å². The van der Waals surface area contributed by atoms with Gasteiger partial charge < -0.3 is 4.90 Å². The molecule has 17 heavy (non-hydrogen) atoms. The molecule has 1 heteroatoms. The standard InChI is InChI=1S/C16H25N/c1-5-13(2)10-15-12-16(11-14(15)3)6-8-17(4)9-7-16/h5,10H,1,6-9,11-12H2,2-4H3/b13-10-. The van der Waals surface area contributed by atoms with E-state index in [2.05, 4.69) is 38.5 Å². The first-order valence-corrected chi connectivity index (χ1v) is 6.73. The first kappa shape index (κ1) is 12.6. The summed E-state index contributed by atoms with van der Waals surface area (Å²) in [5.74, 6) is 0. The molecule has 0 atom stereocenters. The molecule has 94 valence electrons. The molecule has 1 heterocycles. The molecular formula is C16H25N. The van der Waals surface area contributed by atoms with Gasteiger partial charge in [0.2, 0.25) is 0 Å². The molecule has 1 nitrogen and oxygen atoms in total. The Balaban J connectivity index is 2.08. The Labute approximate surface area is 106 Å². The molecule has 2 rings (SSSR count). The topological polar surface area (TPSA) is 3.24 Å². The van der Waals surface area contributed by atoms with E-state index in [4.69, 9.17) is 0 Å². The Hall–Kier alpha value is -0.820. The summed E-state index contributed by atoms with van der Waals surface area (Å²) in [7, 11) is 2.24. The van der Waals surface area contributed by atoms with E-state index < -0.39 is 0 Å². The van der Waals surface area contributed by atoms with Crippen molar-refractivity contribution in [1.82, 2.24) is 4.90 Å². The monoisotopic (exact) mass is 231 g/mol. The minimum Gasteiger partial charge on any atom is -0.306 e. The number of hydrogen-bond donors (Lipinski definition) is 0. The van der Waals surface area contributed by atoms with E-state index in [1.807, 2.05) is 6.08 Å². The lowest BCUT2D eigenvalue weighted by atomic mass is 9.75. The predicted molar refractivity (Wildman–Crippen MR) is 75.1 cm³/mol. The van der Waals surface area contributed by atoms with Gasteiger partial charge in [-0.2, -0.15) is 0 Å². The van der Waals surface area contributed by atoms with Crippen molar-refractivity contribution in [1.29, 1.82) is 0 Å². The van der Waals surface area contributed by atoms with Gasteiger partial charge >= 0.3 is 0 Å². The molecule has 0 saturated carbocycles. The molecule has 1 fully saturated rings. The van der Waals surface area contributed by atoms with Crippen LogP contribution in [0.15, 0.2) is 35.5 Å². The van der Waals surface area contributed by atoms with Crippen LogP contribution in [0.1, 0.15) is 39.5 Å². The summed E-state index contributed by atoms with van der Waals surface area (Å²) in [6.07, 6.45) is 9.64. The van der Waals surface area contributed by atoms with Gasteiger partial charge in [-0.05, 0) is 70.7 Å². The fourth-order valence-corrected chi connectivity index (χ4v) is 3.25. The van der Waals surface area contributed by atoms with E-state index in [0.717, 1.165) is 0 Å². The van der Waals surface area contributed by atoms with Crippen molar-refractivity contribution in [2.75, 3.05) is 20.1 Å². The normalized spacial score (nSPS) is 25.7. The number of nitrogens with zero attached hydrogens (tertiary/aromatic N) is 1. The zero-order valence-corrected chi connectivity index (χ0v) is 11.6. The zero-order chi connectivity index (χ0) is 12.5. The molecule has 0 bridgehead atoms. The molecule has 0 aromatic heterocycles. The zero-order valence-electron chi connectivity index (χ0n) is 11.6. The average Bonchev–Trinajstić information content (AvgIpc) is 2.60. The Morgan fingerprint density at radius 1 is 1.29 bits per heavy atom. The first-order chi connectivity index (χ1) is 8.04. The maximum absolute atomic E-state index is 3.84. The number of likely N-dealkylation sites (tertiary alicyclic amines) is 1. The second-order valence-corrected chi connectivity index (χ2v) is 6.05. The quantitative estimate of drug-likeness (QED) is 0.651. The summed E-state index contributed by atoms with van der Waals surface area (Å²) in [4.78, 5) is 2.46. The highest BCUT2D eigenvalue weighted by Crippen LogP contribution is 2.49. The average molecular weight is 231 g/mol. The Kier molecular flexibility index (Phi) is 3.58. The van der Waals surface area contributed by atoms with Gasteiger partial charge in [-0.1, -0.05) is 29.9 Å². The smallest absolute Gasteiger partial charge is 0.00163 e. The Bertz CT molecular complexity index is 365. The lowest BCUT2D eigenvalue weighted by Crippen LogP contribution is -2.36. The molecule has 0 N–H and O–H groups in total. The van der Waals surface area contributed by atoms with E-state index in [0.29, 0.717) is 5.41 Å². The van der Waals surface area contributed by atoms with Gasteiger partial charge in [0.1, 0.15) is 0 Å².